The predicted molar refractivity (Wildman–Crippen MR) is 85.4 cm³/mol. The van der Waals surface area contributed by atoms with Crippen molar-refractivity contribution in [3.63, 3.8) is 0 Å². The van der Waals surface area contributed by atoms with E-state index in [0.29, 0.717) is 0 Å². The molecule has 0 bridgehead atoms. The number of ether oxygens (including phenoxy) is 1. The highest BCUT2D eigenvalue weighted by Crippen LogP contribution is 2.26. The quantitative estimate of drug-likeness (QED) is 0.798. The smallest absolute Gasteiger partial charge is 0.119 e. The highest BCUT2D eigenvalue weighted by molar-refractivity contribution is 5.31. The molecule has 0 saturated carbocycles. The van der Waals surface area contributed by atoms with Crippen molar-refractivity contribution in [2.24, 2.45) is 0 Å². The number of hydrogen-bond acceptors (Lipinski definition) is 3. The Morgan fingerprint density at radius 2 is 2.05 bits per heavy atom. The average Bonchev–Trinajstić information content (AvgIpc) is 2.54. The van der Waals surface area contributed by atoms with Crippen LogP contribution in [0.25, 0.3) is 0 Å². The maximum absolute atomic E-state index is 9.69. The van der Waals surface area contributed by atoms with Gasteiger partial charge in [0.15, 0.2) is 0 Å². The van der Waals surface area contributed by atoms with E-state index >= 15 is 0 Å². The summed E-state index contributed by atoms with van der Waals surface area (Å²) in [5.74, 6) is 0.910. The van der Waals surface area contributed by atoms with Gasteiger partial charge in [-0.1, -0.05) is 25.5 Å². The molecule has 1 unspecified atom stereocenters. The van der Waals surface area contributed by atoms with Crippen LogP contribution in [-0.4, -0.2) is 30.1 Å². The second-order valence-electron chi connectivity index (χ2n) is 6.11. The molecule has 2 rings (SSSR count). The van der Waals surface area contributed by atoms with Gasteiger partial charge in [-0.15, -0.1) is 0 Å². The maximum atomic E-state index is 9.69. The van der Waals surface area contributed by atoms with E-state index in [9.17, 15) is 5.26 Å². The molecule has 114 valence electrons. The fourth-order valence-corrected chi connectivity index (χ4v) is 2.97. The molecule has 1 aliphatic rings. The summed E-state index contributed by atoms with van der Waals surface area (Å²) >= 11 is 0. The number of rotatable bonds is 6. The standard InChI is InChI=1S/C18H26N2O/c1-3-12-21-17-9-7-8-16(13-17)14-18(2,15-19)20-10-5-4-6-11-20/h7-9,13H,3-6,10-12,14H2,1-2H3. The molecular formula is C18H26N2O. The van der Waals surface area contributed by atoms with Gasteiger partial charge in [0.05, 0.1) is 12.7 Å². The number of nitriles is 1. The van der Waals surface area contributed by atoms with Crippen molar-refractivity contribution in [2.75, 3.05) is 19.7 Å². The van der Waals surface area contributed by atoms with Gasteiger partial charge in [0.1, 0.15) is 11.3 Å². The number of nitrogens with zero attached hydrogens (tertiary/aromatic N) is 2. The number of benzene rings is 1. The van der Waals surface area contributed by atoms with Gasteiger partial charge in [-0.25, -0.2) is 0 Å². The molecule has 1 fully saturated rings. The minimum atomic E-state index is -0.413. The molecule has 1 heterocycles. The van der Waals surface area contributed by atoms with Crippen molar-refractivity contribution in [1.29, 1.82) is 5.26 Å². The first-order valence-electron chi connectivity index (χ1n) is 8.06. The summed E-state index contributed by atoms with van der Waals surface area (Å²) in [6.45, 7) is 6.99. The zero-order valence-electron chi connectivity index (χ0n) is 13.3. The van der Waals surface area contributed by atoms with Gasteiger partial charge >= 0.3 is 0 Å². The van der Waals surface area contributed by atoms with E-state index in [4.69, 9.17) is 4.74 Å². The van der Waals surface area contributed by atoms with Crippen molar-refractivity contribution < 1.29 is 4.74 Å². The fraction of sp³-hybridized carbons (Fsp3) is 0.611. The van der Waals surface area contributed by atoms with Crippen molar-refractivity contribution in [3.05, 3.63) is 29.8 Å². The number of hydrogen-bond donors (Lipinski definition) is 0. The first kappa shape index (κ1) is 15.9. The normalized spacial score (nSPS) is 18.7. The summed E-state index contributed by atoms with van der Waals surface area (Å²) in [5, 5.41) is 9.69. The zero-order valence-corrected chi connectivity index (χ0v) is 13.3. The molecule has 0 N–H and O–H groups in total. The molecule has 0 amide bonds. The summed E-state index contributed by atoms with van der Waals surface area (Å²) in [6.07, 6.45) is 5.47. The van der Waals surface area contributed by atoms with Gasteiger partial charge < -0.3 is 4.74 Å². The summed E-state index contributed by atoms with van der Waals surface area (Å²) in [6, 6.07) is 10.7. The lowest BCUT2D eigenvalue weighted by Gasteiger charge is -2.38. The Kier molecular flexibility index (Phi) is 5.64. The third-order valence-corrected chi connectivity index (χ3v) is 4.21. The molecule has 3 heteroatoms. The highest BCUT2D eigenvalue weighted by Gasteiger charge is 2.32. The Hall–Kier alpha value is -1.53. The van der Waals surface area contributed by atoms with Crippen LogP contribution >= 0.6 is 0 Å². The van der Waals surface area contributed by atoms with Gasteiger partial charge in [-0.3, -0.25) is 4.90 Å². The van der Waals surface area contributed by atoms with E-state index in [0.717, 1.165) is 38.3 Å². The van der Waals surface area contributed by atoms with E-state index < -0.39 is 5.54 Å². The van der Waals surface area contributed by atoms with Crippen LogP contribution in [0.1, 0.15) is 45.1 Å². The molecule has 1 saturated heterocycles. The molecule has 0 aromatic heterocycles. The third kappa shape index (κ3) is 4.22. The Bertz CT molecular complexity index is 488. The molecule has 1 aromatic rings. The monoisotopic (exact) mass is 286 g/mol. The van der Waals surface area contributed by atoms with Crippen molar-refractivity contribution in [3.8, 4) is 11.8 Å². The van der Waals surface area contributed by atoms with Crippen LogP contribution < -0.4 is 4.74 Å². The van der Waals surface area contributed by atoms with Crippen LogP contribution in [-0.2, 0) is 6.42 Å². The summed E-state index contributed by atoms with van der Waals surface area (Å²) in [7, 11) is 0. The van der Waals surface area contributed by atoms with Crippen molar-refractivity contribution in [1.82, 2.24) is 4.90 Å². The van der Waals surface area contributed by atoms with Crippen LogP contribution in [0.4, 0.5) is 0 Å². The topological polar surface area (TPSA) is 36.3 Å². The Morgan fingerprint density at radius 1 is 1.29 bits per heavy atom. The van der Waals surface area contributed by atoms with Crippen LogP contribution in [0.5, 0.6) is 5.75 Å². The fourth-order valence-electron chi connectivity index (χ4n) is 2.97. The summed E-state index contributed by atoms with van der Waals surface area (Å²) < 4.78 is 5.69. The second kappa shape index (κ2) is 7.47. The van der Waals surface area contributed by atoms with E-state index in [1.165, 1.54) is 24.8 Å². The summed E-state index contributed by atoms with van der Waals surface area (Å²) in [5.41, 5.74) is 0.766. The molecule has 0 aliphatic carbocycles. The molecule has 1 aromatic carbocycles. The SMILES string of the molecule is CCCOc1cccc(CC(C)(C#N)N2CCCCC2)c1. The van der Waals surface area contributed by atoms with Crippen molar-refractivity contribution in [2.45, 2.75) is 51.5 Å². The summed E-state index contributed by atoms with van der Waals surface area (Å²) in [4.78, 5) is 2.34. The molecular weight excluding hydrogens is 260 g/mol. The van der Waals surface area contributed by atoms with E-state index in [1.54, 1.807) is 0 Å². The van der Waals surface area contributed by atoms with Gasteiger partial charge in [-0.2, -0.15) is 5.26 Å². The molecule has 3 nitrogen and oxygen atoms in total. The maximum Gasteiger partial charge on any atom is 0.119 e. The van der Waals surface area contributed by atoms with Crippen LogP contribution in [0.15, 0.2) is 24.3 Å². The molecule has 1 aliphatic heterocycles. The lowest BCUT2D eigenvalue weighted by Crippen LogP contribution is -2.49. The lowest BCUT2D eigenvalue weighted by molar-refractivity contribution is 0.124. The number of piperidine rings is 1. The lowest BCUT2D eigenvalue weighted by atomic mass is 9.90. The zero-order chi connectivity index (χ0) is 15.1. The predicted octanol–water partition coefficient (Wildman–Crippen LogP) is 3.79. The molecule has 21 heavy (non-hydrogen) atoms. The largest absolute Gasteiger partial charge is 0.494 e. The first-order valence-corrected chi connectivity index (χ1v) is 8.06. The molecule has 1 atom stereocenters. The van der Waals surface area contributed by atoms with Crippen LogP contribution in [0.2, 0.25) is 0 Å². The number of likely N-dealkylation sites (tertiary alicyclic amines) is 1. The van der Waals surface area contributed by atoms with Crippen LogP contribution in [0, 0.1) is 11.3 Å². The highest BCUT2D eigenvalue weighted by atomic mass is 16.5. The second-order valence-corrected chi connectivity index (χ2v) is 6.11. The molecule has 0 radical (unpaired) electrons. The Balaban J connectivity index is 2.08. The Morgan fingerprint density at radius 3 is 2.71 bits per heavy atom. The minimum Gasteiger partial charge on any atom is -0.494 e. The van der Waals surface area contributed by atoms with Crippen molar-refractivity contribution >= 4 is 0 Å². The molecule has 0 spiro atoms. The van der Waals surface area contributed by atoms with Gasteiger partial charge in [0, 0.05) is 6.42 Å². The van der Waals surface area contributed by atoms with Crippen LogP contribution in [0.3, 0.4) is 0 Å². The van der Waals surface area contributed by atoms with E-state index in [1.807, 2.05) is 12.1 Å². The van der Waals surface area contributed by atoms with Gasteiger partial charge in [0.2, 0.25) is 0 Å². The Labute approximate surface area is 128 Å². The first-order chi connectivity index (χ1) is 10.2. The van der Waals surface area contributed by atoms with Gasteiger partial charge in [0.25, 0.3) is 0 Å². The van der Waals surface area contributed by atoms with Gasteiger partial charge in [-0.05, 0) is 57.0 Å². The average molecular weight is 286 g/mol. The minimum absolute atomic E-state index is 0.413. The van der Waals surface area contributed by atoms with E-state index in [-0.39, 0.29) is 0 Å². The third-order valence-electron chi connectivity index (χ3n) is 4.21. The van der Waals surface area contributed by atoms with E-state index in [2.05, 4.69) is 36.9 Å².